The van der Waals surface area contributed by atoms with Gasteiger partial charge in [-0.3, -0.25) is 0 Å². The first-order valence-corrected chi connectivity index (χ1v) is 10.4. The molecular weight excluding hydrogens is 404 g/mol. The van der Waals surface area contributed by atoms with Crippen molar-refractivity contribution in [1.82, 2.24) is 9.62 Å². The molecule has 2 aromatic rings. The fourth-order valence-electron chi connectivity index (χ4n) is 2.70. The van der Waals surface area contributed by atoms with E-state index in [1.54, 1.807) is 12.1 Å². The number of nitrogens with zero attached hydrogens (tertiary/aromatic N) is 1. The van der Waals surface area contributed by atoms with E-state index >= 15 is 0 Å². The largest absolute Gasteiger partial charge is 0.379 e. The molecule has 1 aliphatic rings. The molecule has 0 spiro atoms. The Morgan fingerprint density at radius 2 is 1.68 bits per heavy atom. The molecule has 1 fully saturated rings. The van der Waals surface area contributed by atoms with Crippen molar-refractivity contribution < 1.29 is 13.2 Å². The Kier molecular flexibility index (Phi) is 6.24. The Labute approximate surface area is 157 Å². The highest BCUT2D eigenvalue weighted by Crippen LogP contribution is 2.18. The third-order valence-electron chi connectivity index (χ3n) is 4.13. The van der Waals surface area contributed by atoms with Gasteiger partial charge in [-0.15, -0.1) is 0 Å². The molecular formula is C18H21BrN2O3S. The maximum atomic E-state index is 12.6. The summed E-state index contributed by atoms with van der Waals surface area (Å²) in [5, 5.41) is 3.37. The maximum absolute atomic E-state index is 12.6. The first-order valence-electron chi connectivity index (χ1n) is 8.18. The zero-order valence-corrected chi connectivity index (χ0v) is 16.2. The lowest BCUT2D eigenvalue weighted by Gasteiger charge is -2.26. The Bertz CT molecular complexity index is 803. The highest BCUT2D eigenvalue weighted by molar-refractivity contribution is 9.10. The molecule has 0 bridgehead atoms. The van der Waals surface area contributed by atoms with Crippen LogP contribution in [0.3, 0.4) is 0 Å². The number of hydrogen-bond acceptors (Lipinski definition) is 4. The number of benzene rings is 2. The molecule has 25 heavy (non-hydrogen) atoms. The van der Waals surface area contributed by atoms with Crippen LogP contribution >= 0.6 is 15.9 Å². The molecule has 1 saturated heterocycles. The van der Waals surface area contributed by atoms with Gasteiger partial charge in [0.2, 0.25) is 10.0 Å². The van der Waals surface area contributed by atoms with Crippen molar-refractivity contribution in [1.29, 1.82) is 0 Å². The molecule has 2 aromatic carbocycles. The predicted octanol–water partition coefficient (Wildman–Crippen LogP) is 2.76. The van der Waals surface area contributed by atoms with Crippen LogP contribution in [0.5, 0.6) is 0 Å². The van der Waals surface area contributed by atoms with Gasteiger partial charge in [0, 0.05) is 30.7 Å². The van der Waals surface area contributed by atoms with E-state index < -0.39 is 10.0 Å². The summed E-state index contributed by atoms with van der Waals surface area (Å²) in [5.74, 6) is 0. The topological polar surface area (TPSA) is 58.6 Å². The predicted molar refractivity (Wildman–Crippen MR) is 101 cm³/mol. The summed E-state index contributed by atoms with van der Waals surface area (Å²) >= 11 is 3.53. The molecule has 3 rings (SSSR count). The Hall–Kier alpha value is -1.25. The van der Waals surface area contributed by atoms with Crippen LogP contribution in [0.25, 0.3) is 0 Å². The van der Waals surface area contributed by atoms with Crippen molar-refractivity contribution in [3.63, 3.8) is 0 Å². The van der Waals surface area contributed by atoms with Gasteiger partial charge in [-0.05, 0) is 29.3 Å². The van der Waals surface area contributed by atoms with Crippen molar-refractivity contribution >= 4 is 26.0 Å². The molecule has 134 valence electrons. The summed E-state index contributed by atoms with van der Waals surface area (Å²) in [6.45, 7) is 3.16. The zero-order chi connectivity index (χ0) is 17.7. The van der Waals surface area contributed by atoms with E-state index in [9.17, 15) is 8.42 Å². The summed E-state index contributed by atoms with van der Waals surface area (Å²) < 4.78 is 33.0. The van der Waals surface area contributed by atoms with Crippen molar-refractivity contribution in [2.45, 2.75) is 18.0 Å². The molecule has 0 unspecified atom stereocenters. The van der Waals surface area contributed by atoms with Crippen LogP contribution in [-0.2, 0) is 27.8 Å². The minimum absolute atomic E-state index is 0.337. The van der Waals surface area contributed by atoms with E-state index in [2.05, 4.69) is 27.3 Å². The second-order valence-electron chi connectivity index (χ2n) is 5.86. The lowest BCUT2D eigenvalue weighted by Crippen LogP contribution is -2.40. The van der Waals surface area contributed by atoms with Crippen LogP contribution in [0.15, 0.2) is 57.9 Å². The summed E-state index contributed by atoms with van der Waals surface area (Å²) in [6, 6.07) is 15.2. The van der Waals surface area contributed by atoms with Gasteiger partial charge < -0.3 is 10.1 Å². The minimum Gasteiger partial charge on any atom is -0.379 e. The summed E-state index contributed by atoms with van der Waals surface area (Å²) in [6.07, 6.45) is 0. The van der Waals surface area contributed by atoms with Crippen molar-refractivity contribution in [2.75, 3.05) is 26.3 Å². The molecule has 1 aliphatic heterocycles. The van der Waals surface area contributed by atoms with Crippen LogP contribution in [0.1, 0.15) is 11.1 Å². The van der Waals surface area contributed by atoms with E-state index in [-0.39, 0.29) is 0 Å². The van der Waals surface area contributed by atoms with E-state index in [0.29, 0.717) is 37.7 Å². The molecule has 0 aliphatic carbocycles. The quantitative estimate of drug-likeness (QED) is 0.774. The van der Waals surface area contributed by atoms with Crippen LogP contribution < -0.4 is 5.32 Å². The van der Waals surface area contributed by atoms with Gasteiger partial charge in [-0.2, -0.15) is 4.31 Å². The number of ether oxygens (including phenoxy) is 1. The zero-order valence-electron chi connectivity index (χ0n) is 13.8. The molecule has 0 saturated carbocycles. The van der Waals surface area contributed by atoms with Crippen LogP contribution in [0.4, 0.5) is 0 Å². The van der Waals surface area contributed by atoms with Crippen molar-refractivity contribution in [3.8, 4) is 0 Å². The molecule has 0 radical (unpaired) electrons. The third kappa shape index (κ3) is 4.68. The van der Waals surface area contributed by atoms with E-state index in [4.69, 9.17) is 4.74 Å². The van der Waals surface area contributed by atoms with E-state index in [1.807, 2.05) is 30.3 Å². The molecule has 0 amide bonds. The second-order valence-corrected chi connectivity index (χ2v) is 8.65. The first-order chi connectivity index (χ1) is 12.1. The number of halogens is 1. The monoisotopic (exact) mass is 424 g/mol. The number of rotatable bonds is 6. The fraction of sp³-hybridized carbons (Fsp3) is 0.333. The highest BCUT2D eigenvalue weighted by Gasteiger charge is 2.25. The van der Waals surface area contributed by atoms with E-state index in [0.717, 1.165) is 16.6 Å². The normalized spacial score (nSPS) is 16.0. The summed E-state index contributed by atoms with van der Waals surface area (Å²) in [7, 11) is -3.42. The molecule has 7 heteroatoms. The maximum Gasteiger partial charge on any atom is 0.243 e. The Morgan fingerprint density at radius 3 is 2.36 bits per heavy atom. The summed E-state index contributed by atoms with van der Waals surface area (Å²) in [4.78, 5) is 0.337. The van der Waals surface area contributed by atoms with Gasteiger partial charge in [0.05, 0.1) is 18.1 Å². The first kappa shape index (κ1) is 18.5. The highest BCUT2D eigenvalue weighted by atomic mass is 79.9. The van der Waals surface area contributed by atoms with Gasteiger partial charge in [-0.1, -0.05) is 46.3 Å². The minimum atomic E-state index is -3.42. The SMILES string of the molecule is O=S(=O)(c1ccc(CNCc2ccccc2Br)cc1)N1CCOCC1. The van der Waals surface area contributed by atoms with Gasteiger partial charge in [0.25, 0.3) is 0 Å². The van der Waals surface area contributed by atoms with Crippen molar-refractivity contribution in [3.05, 3.63) is 64.1 Å². The Morgan fingerprint density at radius 1 is 1.00 bits per heavy atom. The second kappa shape index (κ2) is 8.42. The average Bonchev–Trinajstić information content (AvgIpc) is 2.64. The number of hydrogen-bond donors (Lipinski definition) is 1. The molecule has 1 heterocycles. The summed E-state index contributed by atoms with van der Waals surface area (Å²) in [5.41, 5.74) is 2.24. The third-order valence-corrected chi connectivity index (χ3v) is 6.82. The number of sulfonamides is 1. The number of morpholine rings is 1. The molecule has 5 nitrogen and oxygen atoms in total. The molecule has 1 N–H and O–H groups in total. The van der Waals surface area contributed by atoms with E-state index in [1.165, 1.54) is 9.87 Å². The number of nitrogens with one attached hydrogen (secondary N) is 1. The van der Waals surface area contributed by atoms with Crippen LogP contribution in [0.2, 0.25) is 0 Å². The van der Waals surface area contributed by atoms with Gasteiger partial charge in [0.15, 0.2) is 0 Å². The van der Waals surface area contributed by atoms with Gasteiger partial charge in [0.1, 0.15) is 0 Å². The van der Waals surface area contributed by atoms with Crippen LogP contribution in [-0.4, -0.2) is 39.0 Å². The molecule has 0 aromatic heterocycles. The lowest BCUT2D eigenvalue weighted by atomic mass is 10.2. The fourth-order valence-corrected chi connectivity index (χ4v) is 4.53. The smallest absolute Gasteiger partial charge is 0.243 e. The van der Waals surface area contributed by atoms with Gasteiger partial charge >= 0.3 is 0 Å². The average molecular weight is 425 g/mol. The van der Waals surface area contributed by atoms with Crippen LogP contribution in [0, 0.1) is 0 Å². The molecule has 0 atom stereocenters. The van der Waals surface area contributed by atoms with Gasteiger partial charge in [-0.25, -0.2) is 8.42 Å². The Balaban J connectivity index is 1.59. The lowest BCUT2D eigenvalue weighted by molar-refractivity contribution is 0.0730. The van der Waals surface area contributed by atoms with Crippen molar-refractivity contribution in [2.24, 2.45) is 0 Å². The standard InChI is InChI=1S/C18H21BrN2O3S/c19-18-4-2-1-3-16(18)14-20-13-15-5-7-17(8-6-15)25(22,23)21-9-11-24-12-10-21/h1-8,20H,9-14H2.